The van der Waals surface area contributed by atoms with Crippen LogP contribution in [0.4, 0.5) is 0 Å². The van der Waals surface area contributed by atoms with Gasteiger partial charge in [0, 0.05) is 40.7 Å². The number of aromatic nitrogens is 1. The number of rotatable bonds is 4. The average molecular weight is 358 g/mol. The molecule has 2 unspecified atom stereocenters. The summed E-state index contributed by atoms with van der Waals surface area (Å²) in [6.07, 6.45) is 3.64. The van der Waals surface area contributed by atoms with E-state index in [1.807, 2.05) is 45.9 Å². The predicted molar refractivity (Wildman–Crippen MR) is 105 cm³/mol. The molecule has 0 bridgehead atoms. The summed E-state index contributed by atoms with van der Waals surface area (Å²) in [6.45, 7) is 12.1. The quantitative estimate of drug-likeness (QED) is 0.771. The minimum absolute atomic E-state index is 0.171. The highest BCUT2D eigenvalue weighted by molar-refractivity contribution is 7.88. The Morgan fingerprint density at radius 3 is 2.38 bits per heavy atom. The van der Waals surface area contributed by atoms with E-state index < -0.39 is 16.4 Å². The van der Waals surface area contributed by atoms with Gasteiger partial charge in [-0.2, -0.15) is 0 Å². The maximum atomic E-state index is 11.2. The number of pyridine rings is 1. The van der Waals surface area contributed by atoms with E-state index in [-0.39, 0.29) is 6.04 Å². The molecule has 2 atom stereocenters. The molecule has 140 valence electrons. The van der Waals surface area contributed by atoms with E-state index >= 15 is 0 Å². The Morgan fingerprint density at radius 2 is 1.92 bits per heavy atom. The van der Waals surface area contributed by atoms with E-state index in [1.54, 1.807) is 25.5 Å². The zero-order chi connectivity index (χ0) is 19.2. The molecule has 0 spiro atoms. The van der Waals surface area contributed by atoms with Crippen LogP contribution in [0.3, 0.4) is 0 Å². The fourth-order valence-electron chi connectivity index (χ4n) is 1.77. The van der Waals surface area contributed by atoms with Crippen LogP contribution in [0.25, 0.3) is 0 Å². The Labute approximate surface area is 150 Å². The van der Waals surface area contributed by atoms with E-state index in [0.717, 1.165) is 5.56 Å². The smallest absolute Gasteiger partial charge is 0.101 e. The van der Waals surface area contributed by atoms with Gasteiger partial charge in [0.05, 0.1) is 5.69 Å². The Morgan fingerprint density at radius 1 is 1.33 bits per heavy atom. The third kappa shape index (κ3) is 9.93. The minimum Gasteiger partial charge on any atom is -0.384 e. The zero-order valence-electron chi connectivity index (χ0n) is 16.2. The van der Waals surface area contributed by atoms with Crippen molar-refractivity contribution in [2.75, 3.05) is 12.8 Å². The largest absolute Gasteiger partial charge is 0.384 e. The predicted octanol–water partition coefficient (Wildman–Crippen LogP) is 2.67. The average Bonchev–Trinajstić information content (AvgIpc) is 3.03. The lowest BCUT2D eigenvalue weighted by Gasteiger charge is -2.17. The SMILES string of the molecule is CC.CC.CC(C)(O)c1cc(CNC2C=CS(=O)C2)ccn1.CN. The number of hydrogen-bond acceptors (Lipinski definition) is 5. The van der Waals surface area contributed by atoms with Crippen molar-refractivity contribution in [2.45, 2.75) is 59.7 Å². The molecule has 0 radical (unpaired) electrons. The highest BCUT2D eigenvalue weighted by atomic mass is 32.2. The molecule has 4 N–H and O–H groups in total. The van der Waals surface area contributed by atoms with Crippen LogP contribution in [0, 0.1) is 0 Å². The fraction of sp³-hybridized carbons (Fsp3) is 0.611. The third-order valence-corrected chi connectivity index (χ3v) is 3.97. The molecule has 0 amide bonds. The van der Waals surface area contributed by atoms with E-state index in [0.29, 0.717) is 18.0 Å². The molecule has 0 aliphatic carbocycles. The number of nitrogens with two attached hydrogens (primary N) is 1. The van der Waals surface area contributed by atoms with Crippen LogP contribution in [-0.4, -0.2) is 33.1 Å². The highest BCUT2D eigenvalue weighted by Gasteiger charge is 2.18. The Balaban J connectivity index is 0. The van der Waals surface area contributed by atoms with Gasteiger partial charge in [-0.15, -0.1) is 0 Å². The molecule has 1 aliphatic rings. The number of hydrogen-bond donors (Lipinski definition) is 3. The van der Waals surface area contributed by atoms with Crippen LogP contribution in [0.5, 0.6) is 0 Å². The maximum absolute atomic E-state index is 11.2. The van der Waals surface area contributed by atoms with Gasteiger partial charge < -0.3 is 16.2 Å². The Kier molecular flexibility index (Phi) is 15.0. The monoisotopic (exact) mass is 357 g/mol. The molecule has 1 aromatic rings. The van der Waals surface area contributed by atoms with Crippen molar-refractivity contribution in [3.63, 3.8) is 0 Å². The highest BCUT2D eigenvalue weighted by Crippen LogP contribution is 2.17. The van der Waals surface area contributed by atoms with Gasteiger partial charge in [-0.05, 0) is 38.6 Å². The fourth-order valence-corrected chi connectivity index (χ4v) is 2.82. The summed E-state index contributed by atoms with van der Waals surface area (Å²) in [6, 6.07) is 3.98. The summed E-state index contributed by atoms with van der Waals surface area (Å²) in [7, 11) is 0.675. The van der Waals surface area contributed by atoms with Crippen LogP contribution in [0.2, 0.25) is 0 Å². The van der Waals surface area contributed by atoms with E-state index in [9.17, 15) is 9.32 Å². The number of nitrogens with zero attached hydrogens (tertiary/aromatic N) is 1. The first-order valence-corrected chi connectivity index (χ1v) is 9.88. The van der Waals surface area contributed by atoms with Crippen molar-refractivity contribution in [2.24, 2.45) is 5.73 Å². The summed E-state index contributed by atoms with van der Waals surface area (Å²) < 4.78 is 11.2. The lowest BCUT2D eigenvalue weighted by atomic mass is 10.0. The van der Waals surface area contributed by atoms with Gasteiger partial charge >= 0.3 is 0 Å². The molecular weight excluding hydrogens is 322 g/mol. The molecule has 2 heterocycles. The standard InChI is InChI=1S/C13H18N2O2S.2C2H6.CH5N/c1-13(2,16)12-7-10(3-5-14-12)8-15-11-4-6-18(17)9-11;3*1-2/h3-7,11,15-16H,8-9H2,1-2H3;2*1-2H3;2H2,1H3. The second kappa shape index (κ2) is 14.3. The van der Waals surface area contributed by atoms with Crippen molar-refractivity contribution in [3.8, 4) is 0 Å². The van der Waals surface area contributed by atoms with Crippen molar-refractivity contribution in [3.05, 3.63) is 41.1 Å². The van der Waals surface area contributed by atoms with Crippen molar-refractivity contribution < 1.29 is 9.32 Å². The van der Waals surface area contributed by atoms with Crippen molar-refractivity contribution >= 4 is 10.8 Å². The summed E-state index contributed by atoms with van der Waals surface area (Å²) >= 11 is 0. The molecular formula is C18H35N3O2S. The second-order valence-electron chi connectivity index (χ2n) is 4.97. The van der Waals surface area contributed by atoms with Gasteiger partial charge in [0.2, 0.25) is 0 Å². The Hall–Kier alpha value is -1.08. The van der Waals surface area contributed by atoms with Crippen LogP contribution >= 0.6 is 0 Å². The van der Waals surface area contributed by atoms with Gasteiger partial charge in [-0.1, -0.05) is 33.8 Å². The summed E-state index contributed by atoms with van der Waals surface area (Å²) in [5.74, 6) is 0.642. The third-order valence-electron chi connectivity index (χ3n) is 2.83. The number of nitrogens with one attached hydrogen (secondary N) is 1. The summed E-state index contributed by atoms with van der Waals surface area (Å²) in [4.78, 5) is 4.16. The second-order valence-corrected chi connectivity index (χ2v) is 6.34. The first-order valence-electron chi connectivity index (χ1n) is 8.49. The zero-order valence-corrected chi connectivity index (χ0v) is 17.0. The van der Waals surface area contributed by atoms with Gasteiger partial charge in [0.15, 0.2) is 0 Å². The first-order chi connectivity index (χ1) is 11.4. The lowest BCUT2D eigenvalue weighted by molar-refractivity contribution is 0.0737. The van der Waals surface area contributed by atoms with Crippen LogP contribution in [-0.2, 0) is 22.9 Å². The normalized spacial score (nSPS) is 18.4. The van der Waals surface area contributed by atoms with Gasteiger partial charge in [0.1, 0.15) is 5.60 Å². The number of aliphatic hydroxyl groups is 1. The molecule has 0 fully saturated rings. The maximum Gasteiger partial charge on any atom is 0.101 e. The van der Waals surface area contributed by atoms with Crippen LogP contribution in [0.15, 0.2) is 29.8 Å². The van der Waals surface area contributed by atoms with E-state index in [1.165, 1.54) is 7.05 Å². The molecule has 6 heteroatoms. The Bertz CT molecular complexity index is 485. The summed E-state index contributed by atoms with van der Waals surface area (Å²) in [5.41, 5.74) is 5.30. The van der Waals surface area contributed by atoms with E-state index in [4.69, 9.17) is 0 Å². The van der Waals surface area contributed by atoms with Gasteiger partial charge in [-0.25, -0.2) is 0 Å². The molecule has 0 saturated carbocycles. The topological polar surface area (TPSA) is 88.2 Å². The first kappa shape index (κ1) is 25.2. The van der Waals surface area contributed by atoms with E-state index in [2.05, 4.69) is 16.0 Å². The van der Waals surface area contributed by atoms with Gasteiger partial charge in [-0.3, -0.25) is 9.19 Å². The molecule has 0 aromatic carbocycles. The van der Waals surface area contributed by atoms with Gasteiger partial charge in [0.25, 0.3) is 0 Å². The molecule has 0 saturated heterocycles. The molecule has 5 nitrogen and oxygen atoms in total. The van der Waals surface area contributed by atoms with Crippen molar-refractivity contribution in [1.82, 2.24) is 10.3 Å². The molecule has 24 heavy (non-hydrogen) atoms. The molecule has 1 aromatic heterocycles. The molecule has 2 rings (SSSR count). The van der Waals surface area contributed by atoms with Crippen LogP contribution < -0.4 is 11.1 Å². The summed E-state index contributed by atoms with van der Waals surface area (Å²) in [5, 5.41) is 14.9. The van der Waals surface area contributed by atoms with Crippen molar-refractivity contribution in [1.29, 1.82) is 0 Å². The van der Waals surface area contributed by atoms with Crippen LogP contribution in [0.1, 0.15) is 52.8 Å². The lowest BCUT2D eigenvalue weighted by Crippen LogP contribution is -2.28. The molecule has 1 aliphatic heterocycles. The minimum atomic E-state index is -0.926.